The van der Waals surface area contributed by atoms with Gasteiger partial charge in [-0.25, -0.2) is 0 Å². The largest absolute Gasteiger partial charge is 0.343 e. The lowest BCUT2D eigenvalue weighted by atomic mass is 9.92. The highest BCUT2D eigenvalue weighted by Crippen LogP contribution is 2.36. The van der Waals surface area contributed by atoms with E-state index in [0.717, 1.165) is 19.6 Å². The van der Waals surface area contributed by atoms with Gasteiger partial charge in [0.05, 0.1) is 0 Å². The van der Waals surface area contributed by atoms with Gasteiger partial charge in [0.2, 0.25) is 5.91 Å². The van der Waals surface area contributed by atoms with Gasteiger partial charge in [-0.1, -0.05) is 13.8 Å². The summed E-state index contributed by atoms with van der Waals surface area (Å²) in [4.78, 5) is 13.7. The van der Waals surface area contributed by atoms with Crippen LogP contribution in [0, 0.1) is 5.41 Å². The van der Waals surface area contributed by atoms with E-state index >= 15 is 0 Å². The topological polar surface area (TPSA) is 32.3 Å². The summed E-state index contributed by atoms with van der Waals surface area (Å²) in [6.45, 7) is 11.2. The molecule has 0 aromatic rings. The molecule has 1 N–H and O–H groups in total. The fraction of sp³-hybridized carbons (Fsp3) is 0.929. The zero-order chi connectivity index (χ0) is 12.9. The van der Waals surface area contributed by atoms with Crippen molar-refractivity contribution in [1.29, 1.82) is 0 Å². The molecule has 0 saturated heterocycles. The fourth-order valence-corrected chi connectivity index (χ4v) is 2.73. The highest BCUT2D eigenvalue weighted by molar-refractivity contribution is 5.76. The Morgan fingerprint density at radius 1 is 1.35 bits per heavy atom. The van der Waals surface area contributed by atoms with Crippen molar-refractivity contribution in [3.05, 3.63) is 0 Å². The molecule has 0 heterocycles. The molecular weight excluding hydrogens is 212 g/mol. The molecule has 17 heavy (non-hydrogen) atoms. The first-order chi connectivity index (χ1) is 7.98. The van der Waals surface area contributed by atoms with Crippen molar-refractivity contribution in [3.8, 4) is 0 Å². The maximum atomic E-state index is 11.8. The zero-order valence-electron chi connectivity index (χ0n) is 11.9. The summed E-state index contributed by atoms with van der Waals surface area (Å²) in [5.74, 6) is 0.278. The van der Waals surface area contributed by atoms with E-state index in [1.807, 2.05) is 18.7 Å². The van der Waals surface area contributed by atoms with Gasteiger partial charge >= 0.3 is 0 Å². The van der Waals surface area contributed by atoms with Gasteiger partial charge in [-0.05, 0) is 38.5 Å². The van der Waals surface area contributed by atoms with Gasteiger partial charge in [0.15, 0.2) is 0 Å². The number of carbonyl (C=O) groups excluding carboxylic acids is 1. The molecule has 0 spiro atoms. The van der Waals surface area contributed by atoms with Crippen LogP contribution in [0.4, 0.5) is 0 Å². The predicted octanol–water partition coefficient (Wildman–Crippen LogP) is 2.41. The van der Waals surface area contributed by atoms with Crippen LogP contribution in [-0.2, 0) is 4.79 Å². The molecule has 0 aromatic carbocycles. The highest BCUT2D eigenvalue weighted by Gasteiger charge is 2.30. The van der Waals surface area contributed by atoms with Crippen LogP contribution < -0.4 is 5.32 Å². The fourth-order valence-electron chi connectivity index (χ4n) is 2.73. The van der Waals surface area contributed by atoms with Crippen LogP contribution in [0.15, 0.2) is 0 Å². The van der Waals surface area contributed by atoms with Crippen molar-refractivity contribution in [3.63, 3.8) is 0 Å². The number of hydrogen-bond donors (Lipinski definition) is 1. The van der Waals surface area contributed by atoms with Crippen LogP contribution in [0.1, 0.15) is 53.4 Å². The SMILES string of the molecule is CCN(CC)C(=O)CCNC1CCC(C)(C)C1. The molecule has 1 amide bonds. The van der Waals surface area contributed by atoms with Crippen molar-refractivity contribution < 1.29 is 4.79 Å². The standard InChI is InChI=1S/C14H28N2O/c1-5-16(6-2)13(17)8-10-15-12-7-9-14(3,4)11-12/h12,15H,5-11H2,1-4H3. The number of nitrogens with one attached hydrogen (secondary N) is 1. The quantitative estimate of drug-likeness (QED) is 0.773. The van der Waals surface area contributed by atoms with Crippen molar-refractivity contribution in [2.24, 2.45) is 5.41 Å². The Labute approximate surface area is 106 Å². The van der Waals surface area contributed by atoms with Crippen LogP contribution in [0.5, 0.6) is 0 Å². The predicted molar refractivity (Wildman–Crippen MR) is 72.0 cm³/mol. The average molecular weight is 240 g/mol. The molecule has 3 nitrogen and oxygen atoms in total. The van der Waals surface area contributed by atoms with E-state index in [0.29, 0.717) is 17.9 Å². The van der Waals surface area contributed by atoms with E-state index in [9.17, 15) is 4.79 Å². The van der Waals surface area contributed by atoms with E-state index in [1.165, 1.54) is 19.3 Å². The zero-order valence-corrected chi connectivity index (χ0v) is 11.9. The third-order valence-corrected chi connectivity index (χ3v) is 3.86. The molecule has 0 radical (unpaired) electrons. The second-order valence-electron chi connectivity index (χ2n) is 5.87. The minimum absolute atomic E-state index is 0.278. The van der Waals surface area contributed by atoms with E-state index < -0.39 is 0 Å². The molecule has 1 rings (SSSR count). The molecule has 1 saturated carbocycles. The molecule has 1 atom stereocenters. The van der Waals surface area contributed by atoms with Crippen LogP contribution >= 0.6 is 0 Å². The first kappa shape index (κ1) is 14.5. The molecule has 1 fully saturated rings. The van der Waals surface area contributed by atoms with Crippen LogP contribution in [0.2, 0.25) is 0 Å². The maximum absolute atomic E-state index is 11.8. The summed E-state index contributed by atoms with van der Waals surface area (Å²) in [7, 11) is 0. The lowest BCUT2D eigenvalue weighted by Gasteiger charge is -2.20. The van der Waals surface area contributed by atoms with Crippen molar-refractivity contribution in [2.45, 2.75) is 59.4 Å². The average Bonchev–Trinajstić information content (AvgIpc) is 2.60. The molecule has 0 aromatic heterocycles. The first-order valence-electron chi connectivity index (χ1n) is 6.99. The molecule has 100 valence electrons. The van der Waals surface area contributed by atoms with Crippen LogP contribution in [-0.4, -0.2) is 36.5 Å². The lowest BCUT2D eigenvalue weighted by Crippen LogP contribution is -2.35. The molecule has 0 bridgehead atoms. The van der Waals surface area contributed by atoms with Crippen LogP contribution in [0.3, 0.4) is 0 Å². The van der Waals surface area contributed by atoms with Gasteiger partial charge in [-0.2, -0.15) is 0 Å². The molecule has 3 heteroatoms. The van der Waals surface area contributed by atoms with Crippen LogP contribution in [0.25, 0.3) is 0 Å². The first-order valence-corrected chi connectivity index (χ1v) is 6.99. The van der Waals surface area contributed by atoms with Gasteiger partial charge in [0.25, 0.3) is 0 Å². The Morgan fingerprint density at radius 2 is 2.00 bits per heavy atom. The monoisotopic (exact) mass is 240 g/mol. The number of rotatable bonds is 6. The second kappa shape index (κ2) is 6.39. The molecule has 1 aliphatic carbocycles. The summed E-state index contributed by atoms with van der Waals surface area (Å²) in [5, 5.41) is 3.52. The second-order valence-corrected chi connectivity index (χ2v) is 5.87. The van der Waals surface area contributed by atoms with E-state index in [1.54, 1.807) is 0 Å². The van der Waals surface area contributed by atoms with Crippen molar-refractivity contribution >= 4 is 5.91 Å². The number of carbonyl (C=O) groups is 1. The third kappa shape index (κ3) is 4.66. The summed E-state index contributed by atoms with van der Waals surface area (Å²) in [6.07, 6.45) is 4.44. The summed E-state index contributed by atoms with van der Waals surface area (Å²) in [5.41, 5.74) is 0.487. The Balaban J connectivity index is 2.18. The summed E-state index contributed by atoms with van der Waals surface area (Å²) < 4.78 is 0. The Hall–Kier alpha value is -0.570. The smallest absolute Gasteiger partial charge is 0.223 e. The highest BCUT2D eigenvalue weighted by atomic mass is 16.2. The Morgan fingerprint density at radius 3 is 2.47 bits per heavy atom. The number of amides is 1. The number of nitrogens with zero attached hydrogens (tertiary/aromatic N) is 1. The normalized spacial score (nSPS) is 22.7. The van der Waals surface area contributed by atoms with Gasteiger partial charge in [0, 0.05) is 32.1 Å². The summed E-state index contributed by atoms with van der Waals surface area (Å²) >= 11 is 0. The van der Waals surface area contributed by atoms with Crippen molar-refractivity contribution in [2.75, 3.05) is 19.6 Å². The molecule has 1 unspecified atom stereocenters. The molecular formula is C14H28N2O. The van der Waals surface area contributed by atoms with Crippen molar-refractivity contribution in [1.82, 2.24) is 10.2 Å². The third-order valence-electron chi connectivity index (χ3n) is 3.86. The van der Waals surface area contributed by atoms with Gasteiger partial charge < -0.3 is 10.2 Å². The van der Waals surface area contributed by atoms with E-state index in [4.69, 9.17) is 0 Å². The molecule has 0 aliphatic heterocycles. The van der Waals surface area contributed by atoms with E-state index in [2.05, 4.69) is 19.2 Å². The Kier molecular flexibility index (Phi) is 5.44. The van der Waals surface area contributed by atoms with Gasteiger partial charge in [0.1, 0.15) is 0 Å². The van der Waals surface area contributed by atoms with Gasteiger partial charge in [-0.3, -0.25) is 4.79 Å². The van der Waals surface area contributed by atoms with Gasteiger partial charge in [-0.15, -0.1) is 0 Å². The summed E-state index contributed by atoms with van der Waals surface area (Å²) in [6, 6.07) is 0.620. The minimum atomic E-state index is 0.278. The number of hydrogen-bond acceptors (Lipinski definition) is 2. The minimum Gasteiger partial charge on any atom is -0.343 e. The lowest BCUT2D eigenvalue weighted by molar-refractivity contribution is -0.130. The van der Waals surface area contributed by atoms with E-state index in [-0.39, 0.29) is 5.91 Å². The Bertz CT molecular complexity index is 247. The molecule has 1 aliphatic rings. The maximum Gasteiger partial charge on any atom is 0.223 e.